The van der Waals surface area contributed by atoms with E-state index in [0.717, 1.165) is 42.9 Å². The van der Waals surface area contributed by atoms with E-state index >= 15 is 0 Å². The second-order valence-electron chi connectivity index (χ2n) is 6.75. The van der Waals surface area contributed by atoms with Gasteiger partial charge in [0.15, 0.2) is 0 Å². The van der Waals surface area contributed by atoms with E-state index < -0.39 is 0 Å². The van der Waals surface area contributed by atoms with Crippen LogP contribution in [0.5, 0.6) is 0 Å². The van der Waals surface area contributed by atoms with E-state index in [1.165, 1.54) is 6.33 Å². The number of hydrogen-bond donors (Lipinski definition) is 1. The van der Waals surface area contributed by atoms with Crippen LogP contribution in [0, 0.1) is 0 Å². The predicted octanol–water partition coefficient (Wildman–Crippen LogP) is 3.12. The summed E-state index contributed by atoms with van der Waals surface area (Å²) in [5.74, 6) is 0.554. The van der Waals surface area contributed by atoms with Crippen molar-refractivity contribution < 1.29 is 4.79 Å². The van der Waals surface area contributed by atoms with Crippen LogP contribution in [-0.4, -0.2) is 48.9 Å². The molecule has 1 fully saturated rings. The van der Waals surface area contributed by atoms with E-state index in [0.29, 0.717) is 23.9 Å². The maximum atomic E-state index is 12.4. The average Bonchev–Trinajstić information content (AvgIpc) is 3.39. The number of aromatic nitrogens is 5. The minimum atomic E-state index is 0.172. The van der Waals surface area contributed by atoms with Gasteiger partial charge in [0.1, 0.15) is 12.7 Å². The third-order valence-corrected chi connectivity index (χ3v) is 5.39. The third kappa shape index (κ3) is 4.03. The number of aryl methyl sites for hydroxylation is 1. The number of hydrogen-bond acceptors (Lipinski definition) is 4. The largest absolute Gasteiger partial charge is 0.343 e. The van der Waals surface area contributed by atoms with Gasteiger partial charge in [0, 0.05) is 36.7 Å². The first-order chi connectivity index (χ1) is 13.2. The van der Waals surface area contributed by atoms with Crippen molar-refractivity contribution >= 4 is 17.5 Å². The van der Waals surface area contributed by atoms with Crippen LogP contribution in [0.15, 0.2) is 43.0 Å². The molecule has 0 atom stereocenters. The molecule has 1 saturated heterocycles. The Morgan fingerprint density at radius 1 is 1.26 bits per heavy atom. The number of H-pyrrole nitrogens is 1. The zero-order chi connectivity index (χ0) is 18.6. The second kappa shape index (κ2) is 7.92. The number of aromatic amines is 1. The van der Waals surface area contributed by atoms with E-state index in [4.69, 9.17) is 11.6 Å². The summed E-state index contributed by atoms with van der Waals surface area (Å²) in [7, 11) is 0. The fourth-order valence-corrected chi connectivity index (χ4v) is 3.74. The van der Waals surface area contributed by atoms with E-state index in [9.17, 15) is 4.79 Å². The number of nitrogens with one attached hydrogen (secondary N) is 1. The van der Waals surface area contributed by atoms with Crippen molar-refractivity contribution in [3.63, 3.8) is 0 Å². The Kier molecular flexibility index (Phi) is 5.20. The lowest BCUT2D eigenvalue weighted by molar-refractivity contribution is -0.132. The summed E-state index contributed by atoms with van der Waals surface area (Å²) in [5.41, 5.74) is 2.91. The van der Waals surface area contributed by atoms with Crippen molar-refractivity contribution in [2.24, 2.45) is 0 Å². The highest BCUT2D eigenvalue weighted by Crippen LogP contribution is 2.31. The second-order valence-corrected chi connectivity index (χ2v) is 7.16. The highest BCUT2D eigenvalue weighted by atomic mass is 35.5. The molecule has 0 saturated carbocycles. The molecule has 0 radical (unpaired) electrons. The number of carbonyl (C=O) groups excluding carboxylic acids is 1. The topological polar surface area (TPSA) is 79.7 Å². The summed E-state index contributed by atoms with van der Waals surface area (Å²) in [5, 5.41) is 12.3. The standard InChI is InChI=1S/C19H21ClN6O/c20-16-4-2-1-3-15(16)18-11-17(23-24-18)14-5-8-25(9-6-14)19(27)7-10-26-13-21-12-22-26/h1-4,11-14H,5-10H2,(H,23,24). The molecule has 140 valence electrons. The number of piperidine rings is 1. The van der Waals surface area contributed by atoms with Crippen LogP contribution in [0.3, 0.4) is 0 Å². The zero-order valence-corrected chi connectivity index (χ0v) is 15.6. The minimum absolute atomic E-state index is 0.172. The van der Waals surface area contributed by atoms with Gasteiger partial charge in [-0.2, -0.15) is 10.2 Å². The van der Waals surface area contributed by atoms with E-state index in [1.54, 1.807) is 11.0 Å². The van der Waals surface area contributed by atoms with Crippen molar-refractivity contribution in [3.8, 4) is 11.3 Å². The van der Waals surface area contributed by atoms with Crippen molar-refractivity contribution in [2.45, 2.75) is 31.7 Å². The van der Waals surface area contributed by atoms with Crippen molar-refractivity contribution in [3.05, 3.63) is 53.7 Å². The van der Waals surface area contributed by atoms with Gasteiger partial charge in [-0.15, -0.1) is 0 Å². The molecule has 0 spiro atoms. The van der Waals surface area contributed by atoms with E-state index in [2.05, 4.69) is 26.3 Å². The molecule has 0 unspecified atom stereocenters. The first-order valence-electron chi connectivity index (χ1n) is 9.11. The van der Waals surface area contributed by atoms with Crippen LogP contribution in [0.2, 0.25) is 5.02 Å². The van der Waals surface area contributed by atoms with E-state index in [-0.39, 0.29) is 5.91 Å². The molecule has 7 nitrogen and oxygen atoms in total. The Morgan fingerprint density at radius 2 is 2.07 bits per heavy atom. The van der Waals surface area contributed by atoms with Gasteiger partial charge in [-0.25, -0.2) is 4.98 Å². The molecule has 3 aromatic rings. The van der Waals surface area contributed by atoms with Crippen LogP contribution < -0.4 is 0 Å². The van der Waals surface area contributed by atoms with Crippen LogP contribution in [0.25, 0.3) is 11.3 Å². The summed E-state index contributed by atoms with van der Waals surface area (Å²) >= 11 is 6.27. The number of amides is 1. The molecule has 27 heavy (non-hydrogen) atoms. The van der Waals surface area contributed by atoms with Gasteiger partial charge in [-0.3, -0.25) is 14.6 Å². The monoisotopic (exact) mass is 384 g/mol. The number of nitrogens with zero attached hydrogens (tertiary/aromatic N) is 5. The lowest BCUT2D eigenvalue weighted by atomic mass is 9.93. The molecule has 0 aliphatic carbocycles. The Balaban J connectivity index is 1.33. The number of likely N-dealkylation sites (tertiary alicyclic amines) is 1. The molecule has 8 heteroatoms. The molecule has 1 aliphatic heterocycles. The summed E-state index contributed by atoms with van der Waals surface area (Å²) in [6.45, 7) is 2.10. The van der Waals surface area contributed by atoms with E-state index in [1.807, 2.05) is 29.2 Å². The van der Waals surface area contributed by atoms with Gasteiger partial charge in [-0.1, -0.05) is 29.8 Å². The van der Waals surface area contributed by atoms with Crippen LogP contribution in [0.4, 0.5) is 0 Å². The van der Waals surface area contributed by atoms with Gasteiger partial charge >= 0.3 is 0 Å². The molecular weight excluding hydrogens is 364 g/mol. The zero-order valence-electron chi connectivity index (χ0n) is 14.9. The summed E-state index contributed by atoms with van der Waals surface area (Å²) in [6, 6.07) is 9.79. The van der Waals surface area contributed by atoms with Gasteiger partial charge < -0.3 is 4.90 Å². The Bertz CT molecular complexity index is 899. The maximum Gasteiger partial charge on any atom is 0.224 e. The molecule has 1 amide bonds. The summed E-state index contributed by atoms with van der Waals surface area (Å²) in [6.07, 6.45) is 5.43. The normalized spacial score (nSPS) is 15.2. The molecular formula is C19H21ClN6O. The molecule has 3 heterocycles. The fraction of sp³-hybridized carbons (Fsp3) is 0.368. The van der Waals surface area contributed by atoms with Crippen molar-refractivity contribution in [1.29, 1.82) is 0 Å². The number of rotatable bonds is 5. The number of carbonyl (C=O) groups is 1. The minimum Gasteiger partial charge on any atom is -0.343 e. The Hall–Kier alpha value is -2.67. The number of halogens is 1. The molecule has 1 N–H and O–H groups in total. The van der Waals surface area contributed by atoms with Gasteiger partial charge in [0.05, 0.1) is 17.3 Å². The van der Waals surface area contributed by atoms with Crippen molar-refractivity contribution in [2.75, 3.05) is 13.1 Å². The molecule has 1 aliphatic rings. The quantitative estimate of drug-likeness (QED) is 0.732. The average molecular weight is 385 g/mol. The number of benzene rings is 1. The predicted molar refractivity (Wildman–Crippen MR) is 102 cm³/mol. The fourth-order valence-electron chi connectivity index (χ4n) is 3.51. The molecule has 0 bridgehead atoms. The maximum absolute atomic E-state index is 12.4. The van der Waals surface area contributed by atoms with Gasteiger partial charge in [-0.05, 0) is 25.0 Å². The Labute approximate surface area is 162 Å². The smallest absolute Gasteiger partial charge is 0.224 e. The lowest BCUT2D eigenvalue weighted by Gasteiger charge is -2.31. The first kappa shape index (κ1) is 17.7. The summed E-state index contributed by atoms with van der Waals surface area (Å²) in [4.78, 5) is 18.2. The Morgan fingerprint density at radius 3 is 2.81 bits per heavy atom. The van der Waals surface area contributed by atoms with Crippen LogP contribution in [0.1, 0.15) is 30.9 Å². The lowest BCUT2D eigenvalue weighted by Crippen LogP contribution is -2.38. The van der Waals surface area contributed by atoms with Crippen molar-refractivity contribution in [1.82, 2.24) is 29.9 Å². The summed E-state index contributed by atoms with van der Waals surface area (Å²) < 4.78 is 1.69. The van der Waals surface area contributed by atoms with Gasteiger partial charge in [0.2, 0.25) is 5.91 Å². The highest BCUT2D eigenvalue weighted by Gasteiger charge is 2.25. The van der Waals surface area contributed by atoms with Crippen LogP contribution >= 0.6 is 11.6 Å². The highest BCUT2D eigenvalue weighted by molar-refractivity contribution is 6.33. The SMILES string of the molecule is O=C(CCn1cncn1)N1CCC(c2cc(-c3ccccc3Cl)n[nH]2)CC1. The van der Waals surface area contributed by atoms with Crippen LogP contribution in [-0.2, 0) is 11.3 Å². The third-order valence-electron chi connectivity index (χ3n) is 5.06. The van der Waals surface area contributed by atoms with Gasteiger partial charge in [0.25, 0.3) is 0 Å². The molecule has 2 aromatic heterocycles. The first-order valence-corrected chi connectivity index (χ1v) is 9.49. The molecule has 4 rings (SSSR count). The molecule has 1 aromatic carbocycles.